The molecular weight excluding hydrogens is 292 g/mol. The minimum atomic E-state index is -3.51. The maximum atomic E-state index is 12.5. The number of carbonyl (C=O) groups is 1. The molecule has 0 bridgehead atoms. The molecule has 5 nitrogen and oxygen atoms in total. The number of hydrogen-bond acceptors (Lipinski definition) is 5. The van der Waals surface area contributed by atoms with E-state index in [1.54, 1.807) is 18.2 Å². The van der Waals surface area contributed by atoms with Gasteiger partial charge >= 0.3 is 0 Å². The van der Waals surface area contributed by atoms with Crippen LogP contribution >= 0.6 is 0 Å². The fourth-order valence-corrected chi connectivity index (χ4v) is 2.36. The van der Waals surface area contributed by atoms with Crippen molar-refractivity contribution in [2.24, 2.45) is 5.92 Å². The number of rotatable bonds is 3. The van der Waals surface area contributed by atoms with Crippen molar-refractivity contribution in [2.45, 2.75) is 25.5 Å². The van der Waals surface area contributed by atoms with Crippen molar-refractivity contribution >= 4 is 15.6 Å². The van der Waals surface area contributed by atoms with Gasteiger partial charge in [-0.15, -0.1) is 0 Å². The molecule has 0 saturated heterocycles. The molecule has 0 radical (unpaired) electrons. The topological polar surface area (TPSA) is 69.7 Å². The summed E-state index contributed by atoms with van der Waals surface area (Å²) in [6.07, 6.45) is 1.07. The standard InChI is InChI=1S/C15H20O5S/c1-10-8-19-12-6-5-11(7-13(12)20-9-10)14(16)15(2,3)21(4,17)18/h5-7,10H,8-9H2,1-4H3. The molecule has 1 atom stereocenters. The quantitative estimate of drug-likeness (QED) is 0.799. The van der Waals surface area contributed by atoms with E-state index in [9.17, 15) is 13.2 Å². The summed E-state index contributed by atoms with van der Waals surface area (Å²) < 4.78 is 33.3. The highest BCUT2D eigenvalue weighted by atomic mass is 32.2. The normalized spacial score (nSPS) is 19.0. The summed E-state index contributed by atoms with van der Waals surface area (Å²) in [5.74, 6) is 0.861. The van der Waals surface area contributed by atoms with Gasteiger partial charge in [-0.3, -0.25) is 4.79 Å². The van der Waals surface area contributed by atoms with Crippen molar-refractivity contribution in [3.63, 3.8) is 0 Å². The molecule has 0 aromatic heterocycles. The van der Waals surface area contributed by atoms with Crippen molar-refractivity contribution < 1.29 is 22.7 Å². The Balaban J connectivity index is 2.37. The number of fused-ring (bicyclic) bond motifs is 1. The Morgan fingerprint density at radius 2 is 1.76 bits per heavy atom. The summed E-state index contributed by atoms with van der Waals surface area (Å²) in [6, 6.07) is 4.79. The van der Waals surface area contributed by atoms with Gasteiger partial charge in [-0.25, -0.2) is 8.42 Å². The monoisotopic (exact) mass is 312 g/mol. The van der Waals surface area contributed by atoms with Gasteiger partial charge in [0.05, 0.1) is 13.2 Å². The maximum Gasteiger partial charge on any atom is 0.183 e. The number of sulfone groups is 1. The molecule has 1 aliphatic rings. The third-order valence-corrected chi connectivity index (χ3v) is 5.77. The average molecular weight is 312 g/mol. The first-order chi connectivity index (χ1) is 9.63. The molecule has 116 valence electrons. The first kappa shape index (κ1) is 15.8. The van der Waals surface area contributed by atoms with Gasteiger partial charge in [0, 0.05) is 17.7 Å². The van der Waals surface area contributed by atoms with Crippen LogP contribution in [0.4, 0.5) is 0 Å². The molecule has 0 saturated carbocycles. The van der Waals surface area contributed by atoms with Gasteiger partial charge in [-0.05, 0) is 32.0 Å². The fourth-order valence-electron chi connectivity index (χ4n) is 1.91. The van der Waals surface area contributed by atoms with E-state index in [0.29, 0.717) is 30.3 Å². The maximum absolute atomic E-state index is 12.5. The highest BCUT2D eigenvalue weighted by Gasteiger charge is 2.39. The van der Waals surface area contributed by atoms with Crippen LogP contribution in [0, 0.1) is 5.92 Å². The molecule has 1 aromatic rings. The summed E-state index contributed by atoms with van der Waals surface area (Å²) in [7, 11) is -3.51. The Bertz CT molecular complexity index is 661. The second-order valence-electron chi connectivity index (χ2n) is 6.00. The molecule has 0 aliphatic carbocycles. The van der Waals surface area contributed by atoms with E-state index in [1.165, 1.54) is 13.8 Å². The van der Waals surface area contributed by atoms with Gasteiger partial charge < -0.3 is 9.47 Å². The highest BCUT2D eigenvalue weighted by molar-refractivity contribution is 7.92. The third kappa shape index (κ3) is 3.05. The van der Waals surface area contributed by atoms with Gasteiger partial charge in [-0.1, -0.05) is 6.92 Å². The molecule has 0 N–H and O–H groups in total. The Morgan fingerprint density at radius 1 is 1.19 bits per heavy atom. The molecule has 1 unspecified atom stereocenters. The van der Waals surface area contributed by atoms with E-state index >= 15 is 0 Å². The van der Waals surface area contributed by atoms with Crippen LogP contribution < -0.4 is 9.47 Å². The van der Waals surface area contributed by atoms with Crippen molar-refractivity contribution in [3.05, 3.63) is 23.8 Å². The van der Waals surface area contributed by atoms with E-state index in [1.807, 2.05) is 6.92 Å². The van der Waals surface area contributed by atoms with Gasteiger partial charge in [-0.2, -0.15) is 0 Å². The van der Waals surface area contributed by atoms with E-state index in [0.717, 1.165) is 6.26 Å². The summed E-state index contributed by atoms with van der Waals surface area (Å²) in [4.78, 5) is 12.5. The van der Waals surface area contributed by atoms with Crippen LogP contribution in [0.15, 0.2) is 18.2 Å². The van der Waals surface area contributed by atoms with Crippen molar-refractivity contribution in [1.82, 2.24) is 0 Å². The number of Topliss-reactive ketones (excluding diaryl/α,β-unsaturated/α-hetero) is 1. The Kier molecular flexibility index (Phi) is 4.02. The van der Waals surface area contributed by atoms with Crippen molar-refractivity contribution in [2.75, 3.05) is 19.5 Å². The fraction of sp³-hybridized carbons (Fsp3) is 0.533. The van der Waals surface area contributed by atoms with Crippen LogP contribution in [0.2, 0.25) is 0 Å². The molecular formula is C15H20O5S. The lowest BCUT2D eigenvalue weighted by molar-refractivity contribution is 0.0953. The number of carbonyl (C=O) groups excluding carboxylic acids is 1. The van der Waals surface area contributed by atoms with E-state index in [2.05, 4.69) is 0 Å². The molecule has 0 fully saturated rings. The molecule has 6 heteroatoms. The van der Waals surface area contributed by atoms with E-state index in [4.69, 9.17) is 9.47 Å². The number of hydrogen-bond donors (Lipinski definition) is 0. The van der Waals surface area contributed by atoms with E-state index in [-0.39, 0.29) is 5.92 Å². The van der Waals surface area contributed by atoms with Crippen LogP contribution in [0.3, 0.4) is 0 Å². The molecule has 1 aromatic carbocycles. The van der Waals surface area contributed by atoms with Crippen LogP contribution in [0.1, 0.15) is 31.1 Å². The van der Waals surface area contributed by atoms with Gasteiger partial charge in [0.1, 0.15) is 4.75 Å². The minimum Gasteiger partial charge on any atom is -0.489 e. The second-order valence-corrected chi connectivity index (χ2v) is 8.57. The zero-order valence-electron chi connectivity index (χ0n) is 12.7. The average Bonchev–Trinajstić information content (AvgIpc) is 2.58. The Morgan fingerprint density at radius 3 is 2.33 bits per heavy atom. The number of benzene rings is 1. The lowest BCUT2D eigenvalue weighted by Crippen LogP contribution is -2.39. The number of ether oxygens (including phenoxy) is 2. The first-order valence-corrected chi connectivity index (χ1v) is 8.66. The summed E-state index contributed by atoms with van der Waals surface area (Å²) >= 11 is 0. The SMILES string of the molecule is CC1COc2ccc(C(=O)C(C)(C)S(C)(=O)=O)cc2OC1. The largest absolute Gasteiger partial charge is 0.489 e. The second kappa shape index (κ2) is 5.33. The van der Waals surface area contributed by atoms with Crippen LogP contribution in [0.25, 0.3) is 0 Å². The molecule has 0 spiro atoms. The number of ketones is 1. The lowest BCUT2D eigenvalue weighted by atomic mass is 10.00. The summed E-state index contributed by atoms with van der Waals surface area (Å²) in [5.41, 5.74) is 0.308. The van der Waals surface area contributed by atoms with Crippen molar-refractivity contribution in [3.8, 4) is 11.5 Å². The van der Waals surface area contributed by atoms with Gasteiger partial charge in [0.15, 0.2) is 27.1 Å². The third-order valence-electron chi connectivity index (χ3n) is 3.73. The lowest BCUT2D eigenvalue weighted by Gasteiger charge is -2.21. The van der Waals surface area contributed by atoms with Crippen LogP contribution in [-0.4, -0.2) is 38.4 Å². The minimum absolute atomic E-state index is 0.254. The van der Waals surface area contributed by atoms with Crippen molar-refractivity contribution in [1.29, 1.82) is 0 Å². The molecule has 1 heterocycles. The van der Waals surface area contributed by atoms with E-state index < -0.39 is 20.4 Å². The predicted molar refractivity (Wildman–Crippen MR) is 79.8 cm³/mol. The zero-order valence-corrected chi connectivity index (χ0v) is 13.5. The molecule has 1 aliphatic heterocycles. The first-order valence-electron chi connectivity index (χ1n) is 6.77. The Hall–Kier alpha value is -1.56. The molecule has 0 amide bonds. The Labute approximate surface area is 125 Å². The molecule has 2 rings (SSSR count). The summed E-state index contributed by atoms with van der Waals surface area (Å²) in [6.45, 7) is 5.88. The smallest absolute Gasteiger partial charge is 0.183 e. The van der Waals surface area contributed by atoms with Gasteiger partial charge in [0.25, 0.3) is 0 Å². The van der Waals surface area contributed by atoms with Crippen LogP contribution in [-0.2, 0) is 9.84 Å². The van der Waals surface area contributed by atoms with Crippen LogP contribution in [0.5, 0.6) is 11.5 Å². The molecule has 21 heavy (non-hydrogen) atoms. The predicted octanol–water partition coefficient (Wildman–Crippen LogP) is 2.10. The van der Waals surface area contributed by atoms with Gasteiger partial charge in [0.2, 0.25) is 0 Å². The highest BCUT2D eigenvalue weighted by Crippen LogP contribution is 2.33. The zero-order chi connectivity index (χ0) is 15.8. The summed E-state index contributed by atoms with van der Waals surface area (Å²) in [5, 5.41) is 0.